The second-order valence-electron chi connectivity index (χ2n) is 8.95. The van der Waals surface area contributed by atoms with E-state index in [-0.39, 0.29) is 17.6 Å². The second-order valence-corrected chi connectivity index (χ2v) is 8.95. The summed E-state index contributed by atoms with van der Waals surface area (Å²) in [4.78, 5) is 15.8. The molecule has 2 heterocycles. The lowest BCUT2D eigenvalue weighted by molar-refractivity contribution is -0.0548. The van der Waals surface area contributed by atoms with E-state index >= 15 is 0 Å². The molecule has 0 unspecified atom stereocenters. The van der Waals surface area contributed by atoms with E-state index in [0.29, 0.717) is 26.3 Å². The molecule has 184 valence electrons. The zero-order valence-corrected chi connectivity index (χ0v) is 19.8. The highest BCUT2D eigenvalue weighted by Gasteiger charge is 2.34. The summed E-state index contributed by atoms with van der Waals surface area (Å²) >= 11 is 0. The van der Waals surface area contributed by atoms with Gasteiger partial charge in [0.2, 0.25) is 0 Å². The number of methoxy groups -OCH3 is 1. The zero-order valence-electron chi connectivity index (χ0n) is 19.8. The van der Waals surface area contributed by atoms with Crippen LogP contribution in [-0.2, 0) is 11.3 Å². The number of halogens is 1. The van der Waals surface area contributed by atoms with Crippen LogP contribution in [0.1, 0.15) is 24.8 Å². The molecule has 2 fully saturated rings. The molecule has 1 atom stereocenters. The molecule has 34 heavy (non-hydrogen) atoms. The van der Waals surface area contributed by atoms with E-state index < -0.39 is 5.60 Å². The van der Waals surface area contributed by atoms with Crippen LogP contribution >= 0.6 is 0 Å². The number of likely N-dealkylation sites (tertiary alicyclic amines) is 1. The molecule has 4 rings (SSSR count). The molecule has 7 nitrogen and oxygen atoms in total. The van der Waals surface area contributed by atoms with Gasteiger partial charge in [-0.3, -0.25) is 4.90 Å². The van der Waals surface area contributed by atoms with Gasteiger partial charge in [-0.2, -0.15) is 0 Å². The summed E-state index contributed by atoms with van der Waals surface area (Å²) in [5, 5.41) is 2.79. The van der Waals surface area contributed by atoms with Gasteiger partial charge in [0.05, 0.1) is 6.54 Å². The Morgan fingerprint density at radius 1 is 1.03 bits per heavy atom. The Morgan fingerprint density at radius 2 is 1.85 bits per heavy atom. The second kappa shape index (κ2) is 11.5. The maximum absolute atomic E-state index is 13.9. The number of hydrogen-bond acceptors (Lipinski definition) is 5. The highest BCUT2D eigenvalue weighted by molar-refractivity contribution is 5.76. The van der Waals surface area contributed by atoms with Crippen molar-refractivity contribution in [2.75, 3.05) is 53.0 Å². The van der Waals surface area contributed by atoms with Crippen LogP contribution in [0.2, 0.25) is 0 Å². The molecule has 1 N–H and O–H groups in total. The quantitative estimate of drug-likeness (QED) is 0.573. The highest BCUT2D eigenvalue weighted by Crippen LogP contribution is 2.29. The van der Waals surface area contributed by atoms with Crippen molar-refractivity contribution in [3.63, 3.8) is 0 Å². The Balaban J connectivity index is 1.24. The van der Waals surface area contributed by atoms with Gasteiger partial charge >= 0.3 is 6.03 Å². The van der Waals surface area contributed by atoms with Crippen molar-refractivity contribution in [3.8, 4) is 11.5 Å². The number of ether oxygens (including phenoxy) is 3. The van der Waals surface area contributed by atoms with Crippen LogP contribution in [0, 0.1) is 5.82 Å². The Morgan fingerprint density at radius 3 is 2.59 bits per heavy atom. The maximum atomic E-state index is 13.9. The number of amides is 2. The van der Waals surface area contributed by atoms with Crippen LogP contribution < -0.4 is 14.8 Å². The fourth-order valence-electron chi connectivity index (χ4n) is 4.51. The molecule has 0 aliphatic carbocycles. The lowest BCUT2D eigenvalue weighted by atomic mass is 9.95. The lowest BCUT2D eigenvalue weighted by Crippen LogP contribution is -2.39. The van der Waals surface area contributed by atoms with Crippen molar-refractivity contribution < 1.29 is 23.4 Å². The van der Waals surface area contributed by atoms with Crippen LogP contribution in [0.3, 0.4) is 0 Å². The number of hydrogen-bond donors (Lipinski definition) is 1. The van der Waals surface area contributed by atoms with Gasteiger partial charge in [0.1, 0.15) is 24.6 Å². The summed E-state index contributed by atoms with van der Waals surface area (Å²) in [6, 6.07) is 14.6. The summed E-state index contributed by atoms with van der Waals surface area (Å²) in [5.41, 5.74) is 0.805. The predicted octanol–water partition coefficient (Wildman–Crippen LogP) is 3.68. The van der Waals surface area contributed by atoms with Gasteiger partial charge in [-0.05, 0) is 55.6 Å². The Kier molecular flexibility index (Phi) is 8.24. The normalized spacial score (nSPS) is 21.2. The smallest absolute Gasteiger partial charge is 0.317 e. The molecule has 2 amide bonds. The van der Waals surface area contributed by atoms with Crippen LogP contribution in [-0.4, -0.2) is 74.5 Å². The largest absolute Gasteiger partial charge is 0.492 e. The third-order valence-electron chi connectivity index (χ3n) is 6.66. The predicted molar refractivity (Wildman–Crippen MR) is 128 cm³/mol. The van der Waals surface area contributed by atoms with E-state index in [1.165, 1.54) is 11.6 Å². The molecule has 2 saturated heterocycles. The summed E-state index contributed by atoms with van der Waals surface area (Å²) in [7, 11) is 1.72. The van der Waals surface area contributed by atoms with E-state index in [2.05, 4.69) is 22.3 Å². The highest BCUT2D eigenvalue weighted by atomic mass is 19.1. The van der Waals surface area contributed by atoms with Gasteiger partial charge < -0.3 is 24.4 Å². The van der Waals surface area contributed by atoms with Gasteiger partial charge in [-0.1, -0.05) is 24.3 Å². The number of para-hydroxylation sites is 1. The first-order valence-electron chi connectivity index (χ1n) is 12.0. The first kappa shape index (κ1) is 24.3. The van der Waals surface area contributed by atoms with Gasteiger partial charge in [0.25, 0.3) is 0 Å². The van der Waals surface area contributed by atoms with Crippen LogP contribution in [0.15, 0.2) is 48.5 Å². The van der Waals surface area contributed by atoms with Crippen molar-refractivity contribution in [1.29, 1.82) is 0 Å². The molecule has 2 aliphatic rings. The van der Waals surface area contributed by atoms with Gasteiger partial charge in [-0.15, -0.1) is 0 Å². The Bertz CT molecular complexity index is 942. The fraction of sp³-hybridized carbons (Fsp3) is 0.500. The molecule has 0 bridgehead atoms. The molecule has 0 aromatic heterocycles. The van der Waals surface area contributed by atoms with Gasteiger partial charge in [-0.25, -0.2) is 9.18 Å². The maximum Gasteiger partial charge on any atom is 0.317 e. The minimum atomic E-state index is -0.416. The molecule has 8 heteroatoms. The van der Waals surface area contributed by atoms with Crippen molar-refractivity contribution in [1.82, 2.24) is 15.1 Å². The number of urea groups is 1. The molecule has 0 saturated carbocycles. The standard InChI is InChI=1S/C26H34FN3O4/c1-32-26(20-34-24-6-3-2-5-23(24)27)11-4-14-29(15-12-26)19-21-7-9-22(10-8-21)33-18-17-30-16-13-28-25(30)31/h2-3,5-10H,4,11-20H2,1H3,(H,28,31)/t26-/m1/s1. The number of carbonyl (C=O) groups excluding carboxylic acids is 1. The van der Waals surface area contributed by atoms with E-state index in [1.54, 1.807) is 30.2 Å². The summed E-state index contributed by atoms with van der Waals surface area (Å²) in [6.07, 6.45) is 2.68. The van der Waals surface area contributed by atoms with Crippen molar-refractivity contribution in [3.05, 3.63) is 59.9 Å². The number of nitrogens with one attached hydrogen (secondary N) is 1. The number of benzene rings is 2. The Labute approximate surface area is 200 Å². The summed E-state index contributed by atoms with van der Waals surface area (Å²) < 4.78 is 31.4. The molecular weight excluding hydrogens is 437 g/mol. The third kappa shape index (κ3) is 6.39. The SMILES string of the molecule is CO[C@]1(COc2ccccc2F)CCCN(Cc2ccc(OCCN3CCNC3=O)cc2)CC1. The van der Waals surface area contributed by atoms with E-state index in [0.717, 1.165) is 51.2 Å². The van der Waals surface area contributed by atoms with Crippen molar-refractivity contribution >= 4 is 6.03 Å². The molecule has 2 aromatic rings. The first-order valence-corrected chi connectivity index (χ1v) is 12.0. The summed E-state index contributed by atoms with van der Waals surface area (Å²) in [6.45, 7) is 5.54. The third-order valence-corrected chi connectivity index (χ3v) is 6.66. The van der Waals surface area contributed by atoms with E-state index in [4.69, 9.17) is 14.2 Å². The zero-order chi connectivity index (χ0) is 23.8. The number of nitrogens with zero attached hydrogens (tertiary/aromatic N) is 2. The molecule has 0 radical (unpaired) electrons. The minimum absolute atomic E-state index is 0.0207. The minimum Gasteiger partial charge on any atom is -0.492 e. The van der Waals surface area contributed by atoms with Crippen LogP contribution in [0.25, 0.3) is 0 Å². The van der Waals surface area contributed by atoms with Crippen LogP contribution in [0.4, 0.5) is 9.18 Å². The molecule has 0 spiro atoms. The van der Waals surface area contributed by atoms with E-state index in [1.807, 2.05) is 12.1 Å². The first-order chi connectivity index (χ1) is 16.6. The Hall–Kier alpha value is -2.84. The molecular formula is C26H34FN3O4. The summed E-state index contributed by atoms with van der Waals surface area (Å²) in [5.74, 6) is 0.729. The van der Waals surface area contributed by atoms with Gasteiger partial charge in [0.15, 0.2) is 11.6 Å². The van der Waals surface area contributed by atoms with Crippen LogP contribution in [0.5, 0.6) is 11.5 Å². The van der Waals surface area contributed by atoms with Gasteiger partial charge in [0, 0.05) is 33.3 Å². The number of carbonyl (C=O) groups is 1. The number of rotatable bonds is 10. The van der Waals surface area contributed by atoms with Crippen molar-refractivity contribution in [2.24, 2.45) is 0 Å². The molecule has 2 aliphatic heterocycles. The fourth-order valence-corrected chi connectivity index (χ4v) is 4.51. The molecule has 2 aromatic carbocycles. The monoisotopic (exact) mass is 471 g/mol. The van der Waals surface area contributed by atoms with Crippen molar-refractivity contribution in [2.45, 2.75) is 31.4 Å². The lowest BCUT2D eigenvalue weighted by Gasteiger charge is -2.31. The topological polar surface area (TPSA) is 63.3 Å². The average Bonchev–Trinajstić information content (AvgIpc) is 3.15. The average molecular weight is 472 g/mol. The van der Waals surface area contributed by atoms with E-state index in [9.17, 15) is 9.18 Å².